The SMILES string of the molecule is COc1cccc(NC(=O)CN2C(=O)NC3(CCC(C(C)(C)C)CC3)C2=O)c1. The van der Waals surface area contributed by atoms with E-state index in [0.29, 0.717) is 30.2 Å². The van der Waals surface area contributed by atoms with Gasteiger partial charge in [-0.3, -0.25) is 14.5 Å². The molecule has 7 heteroatoms. The molecule has 1 heterocycles. The van der Waals surface area contributed by atoms with Crippen LogP contribution in [0.5, 0.6) is 5.75 Å². The van der Waals surface area contributed by atoms with E-state index in [1.54, 1.807) is 31.4 Å². The lowest BCUT2D eigenvalue weighted by molar-refractivity contribution is -0.135. The van der Waals surface area contributed by atoms with E-state index in [1.807, 2.05) is 0 Å². The molecule has 0 unspecified atom stereocenters. The maximum absolute atomic E-state index is 13.0. The molecule has 0 aromatic heterocycles. The van der Waals surface area contributed by atoms with Crippen LogP contribution in [0.3, 0.4) is 0 Å². The molecule has 28 heavy (non-hydrogen) atoms. The minimum absolute atomic E-state index is 0.184. The van der Waals surface area contributed by atoms with Crippen molar-refractivity contribution in [3.63, 3.8) is 0 Å². The maximum atomic E-state index is 13.0. The second kappa shape index (κ2) is 7.45. The van der Waals surface area contributed by atoms with Gasteiger partial charge in [-0.15, -0.1) is 0 Å². The van der Waals surface area contributed by atoms with E-state index in [4.69, 9.17) is 4.74 Å². The number of carbonyl (C=O) groups is 3. The number of hydrogen-bond acceptors (Lipinski definition) is 4. The highest BCUT2D eigenvalue weighted by atomic mass is 16.5. The number of anilines is 1. The standard InChI is InChI=1S/C21H29N3O4/c1-20(2,3)14-8-10-21(11-9-14)18(26)24(19(27)23-21)13-17(25)22-15-6-5-7-16(12-15)28-4/h5-7,12,14H,8-11,13H2,1-4H3,(H,22,25)(H,23,27). The molecule has 0 atom stereocenters. The molecule has 0 radical (unpaired) electrons. The first kappa shape index (κ1) is 20.2. The maximum Gasteiger partial charge on any atom is 0.325 e. The predicted octanol–water partition coefficient (Wildman–Crippen LogP) is 3.16. The van der Waals surface area contributed by atoms with Crippen LogP contribution in [-0.2, 0) is 9.59 Å². The Kier molecular flexibility index (Phi) is 5.37. The number of imide groups is 1. The molecule has 1 spiro atoms. The number of rotatable bonds is 4. The summed E-state index contributed by atoms with van der Waals surface area (Å²) in [5.41, 5.74) is -0.115. The van der Waals surface area contributed by atoms with Gasteiger partial charge < -0.3 is 15.4 Å². The molecule has 1 saturated carbocycles. The molecule has 0 bridgehead atoms. The summed E-state index contributed by atoms with van der Waals surface area (Å²) < 4.78 is 5.13. The van der Waals surface area contributed by atoms with Gasteiger partial charge >= 0.3 is 6.03 Å². The van der Waals surface area contributed by atoms with Gasteiger partial charge in [-0.25, -0.2) is 4.79 Å². The van der Waals surface area contributed by atoms with Gasteiger partial charge in [-0.05, 0) is 49.1 Å². The molecule has 1 aromatic carbocycles. The van der Waals surface area contributed by atoms with Crippen LogP contribution in [0.4, 0.5) is 10.5 Å². The van der Waals surface area contributed by atoms with Crippen LogP contribution in [0.15, 0.2) is 24.3 Å². The van der Waals surface area contributed by atoms with Gasteiger partial charge in [-0.1, -0.05) is 26.8 Å². The van der Waals surface area contributed by atoms with Crippen molar-refractivity contribution in [1.29, 1.82) is 0 Å². The van der Waals surface area contributed by atoms with Gasteiger partial charge in [0, 0.05) is 11.8 Å². The Balaban J connectivity index is 1.63. The number of methoxy groups -OCH3 is 1. The van der Waals surface area contributed by atoms with Crippen LogP contribution in [-0.4, -0.2) is 41.9 Å². The summed E-state index contributed by atoms with van der Waals surface area (Å²) in [6.07, 6.45) is 3.01. The Hall–Kier alpha value is -2.57. The summed E-state index contributed by atoms with van der Waals surface area (Å²) in [5, 5.41) is 5.58. The summed E-state index contributed by atoms with van der Waals surface area (Å²) in [4.78, 5) is 38.8. The lowest BCUT2D eigenvalue weighted by atomic mass is 9.67. The highest BCUT2D eigenvalue weighted by molar-refractivity contribution is 6.10. The van der Waals surface area contributed by atoms with E-state index in [0.717, 1.165) is 17.7 Å². The van der Waals surface area contributed by atoms with Gasteiger partial charge in [0.25, 0.3) is 5.91 Å². The summed E-state index contributed by atoms with van der Waals surface area (Å²) in [6.45, 7) is 6.33. The van der Waals surface area contributed by atoms with Gasteiger partial charge in [0.2, 0.25) is 5.91 Å². The highest BCUT2D eigenvalue weighted by Gasteiger charge is 2.53. The van der Waals surface area contributed by atoms with Crippen LogP contribution in [0.2, 0.25) is 0 Å². The number of amides is 4. The minimum Gasteiger partial charge on any atom is -0.497 e. The number of carbonyl (C=O) groups excluding carboxylic acids is 3. The Labute approximate surface area is 165 Å². The third-order valence-corrected chi connectivity index (χ3v) is 5.97. The van der Waals surface area contributed by atoms with Gasteiger partial charge in [0.05, 0.1) is 7.11 Å². The van der Waals surface area contributed by atoms with Crippen molar-refractivity contribution in [3.8, 4) is 5.75 Å². The molecule has 1 aromatic rings. The minimum atomic E-state index is -0.852. The fourth-order valence-electron chi connectivity index (χ4n) is 4.18. The zero-order chi connectivity index (χ0) is 20.5. The predicted molar refractivity (Wildman–Crippen MR) is 106 cm³/mol. The highest BCUT2D eigenvalue weighted by Crippen LogP contribution is 2.43. The van der Waals surface area contributed by atoms with E-state index >= 15 is 0 Å². The van der Waals surface area contributed by atoms with Crippen LogP contribution >= 0.6 is 0 Å². The Morgan fingerprint density at radius 3 is 2.57 bits per heavy atom. The van der Waals surface area contributed by atoms with Gasteiger partial charge in [0.1, 0.15) is 17.8 Å². The molecule has 2 N–H and O–H groups in total. The van der Waals surface area contributed by atoms with Crippen molar-refractivity contribution in [3.05, 3.63) is 24.3 Å². The van der Waals surface area contributed by atoms with E-state index in [1.165, 1.54) is 0 Å². The molecule has 4 amide bonds. The molecule has 1 aliphatic carbocycles. The molecule has 1 aliphatic heterocycles. The van der Waals surface area contributed by atoms with Crippen LogP contribution in [0.1, 0.15) is 46.5 Å². The lowest BCUT2D eigenvalue weighted by Gasteiger charge is -2.40. The average molecular weight is 387 g/mol. The number of hydrogen-bond donors (Lipinski definition) is 2. The number of benzene rings is 1. The van der Waals surface area contributed by atoms with Crippen LogP contribution in [0.25, 0.3) is 0 Å². The number of nitrogens with one attached hydrogen (secondary N) is 2. The summed E-state index contributed by atoms with van der Waals surface area (Å²) in [6, 6.07) is 6.44. The first-order valence-corrected chi connectivity index (χ1v) is 9.73. The number of urea groups is 1. The van der Waals surface area contributed by atoms with Crippen LogP contribution < -0.4 is 15.4 Å². The lowest BCUT2D eigenvalue weighted by Crippen LogP contribution is -2.50. The van der Waals surface area contributed by atoms with E-state index in [2.05, 4.69) is 31.4 Å². The molecular formula is C21H29N3O4. The van der Waals surface area contributed by atoms with E-state index < -0.39 is 17.5 Å². The summed E-state index contributed by atoms with van der Waals surface area (Å²) in [5.74, 6) is 0.429. The number of nitrogens with zero attached hydrogens (tertiary/aromatic N) is 1. The zero-order valence-corrected chi connectivity index (χ0v) is 17.0. The molecule has 1 saturated heterocycles. The van der Waals surface area contributed by atoms with Crippen molar-refractivity contribution >= 4 is 23.5 Å². The Morgan fingerprint density at radius 1 is 1.29 bits per heavy atom. The van der Waals surface area contributed by atoms with Crippen molar-refractivity contribution in [2.45, 2.75) is 52.0 Å². The third kappa shape index (κ3) is 3.98. The van der Waals surface area contributed by atoms with Crippen LogP contribution in [0, 0.1) is 11.3 Å². The Bertz CT molecular complexity index is 776. The monoisotopic (exact) mass is 387 g/mol. The largest absolute Gasteiger partial charge is 0.497 e. The normalized spacial score (nSPS) is 25.0. The second-order valence-corrected chi connectivity index (χ2v) is 8.82. The zero-order valence-electron chi connectivity index (χ0n) is 17.0. The van der Waals surface area contributed by atoms with Gasteiger partial charge in [-0.2, -0.15) is 0 Å². The first-order valence-electron chi connectivity index (χ1n) is 9.73. The van der Waals surface area contributed by atoms with Crippen molar-refractivity contribution in [2.75, 3.05) is 19.0 Å². The smallest absolute Gasteiger partial charge is 0.325 e. The quantitative estimate of drug-likeness (QED) is 0.777. The van der Waals surface area contributed by atoms with E-state index in [9.17, 15) is 14.4 Å². The summed E-state index contributed by atoms with van der Waals surface area (Å²) in [7, 11) is 1.54. The van der Waals surface area contributed by atoms with Crippen molar-refractivity contribution < 1.29 is 19.1 Å². The fraction of sp³-hybridized carbons (Fsp3) is 0.571. The average Bonchev–Trinajstić information content (AvgIpc) is 2.85. The molecule has 2 aliphatic rings. The van der Waals surface area contributed by atoms with E-state index in [-0.39, 0.29) is 17.9 Å². The second-order valence-electron chi connectivity index (χ2n) is 8.82. The topological polar surface area (TPSA) is 87.7 Å². The van der Waals surface area contributed by atoms with Crippen molar-refractivity contribution in [1.82, 2.24) is 10.2 Å². The Morgan fingerprint density at radius 2 is 1.96 bits per heavy atom. The third-order valence-electron chi connectivity index (χ3n) is 5.97. The molecule has 2 fully saturated rings. The fourth-order valence-corrected chi connectivity index (χ4v) is 4.18. The first-order chi connectivity index (χ1) is 13.1. The van der Waals surface area contributed by atoms with Gasteiger partial charge in [0.15, 0.2) is 0 Å². The molecule has 7 nitrogen and oxygen atoms in total. The summed E-state index contributed by atoms with van der Waals surface area (Å²) >= 11 is 0. The van der Waals surface area contributed by atoms with Crippen molar-refractivity contribution in [2.24, 2.45) is 11.3 Å². The number of ether oxygens (including phenoxy) is 1. The molecule has 152 valence electrons. The molecular weight excluding hydrogens is 358 g/mol. The molecule has 3 rings (SSSR count).